The second-order valence-electron chi connectivity index (χ2n) is 9.72. The zero-order valence-electron chi connectivity index (χ0n) is 20.2. The highest BCUT2D eigenvalue weighted by molar-refractivity contribution is 6.04. The number of esters is 1. The largest absolute Gasteiger partial charge is 0.457 e. The van der Waals surface area contributed by atoms with Crippen LogP contribution in [-0.2, 0) is 9.53 Å². The number of fused-ring (bicyclic) bond motifs is 1. The number of hydrogen-bond acceptors (Lipinski definition) is 3. The Labute approximate surface area is 202 Å². The molecule has 1 amide bonds. The smallest absolute Gasteiger partial charge is 0.355 e. The molecule has 0 radical (unpaired) electrons. The minimum atomic E-state index is -0.484. The zero-order valence-corrected chi connectivity index (χ0v) is 20.2. The lowest BCUT2D eigenvalue weighted by Gasteiger charge is -2.36. The van der Waals surface area contributed by atoms with Crippen molar-refractivity contribution < 1.29 is 14.3 Å². The Morgan fingerprint density at radius 1 is 0.941 bits per heavy atom. The Kier molecular flexibility index (Phi) is 7.46. The fraction of sp³-hybridized carbons (Fsp3) is 0.333. The first-order chi connectivity index (χ1) is 16.4. The Morgan fingerprint density at radius 2 is 1.65 bits per heavy atom. The van der Waals surface area contributed by atoms with Crippen LogP contribution in [0.4, 0.5) is 0 Å². The number of carbonyl (C=O) groups excluding carboxylic acids is 2. The van der Waals surface area contributed by atoms with Gasteiger partial charge < -0.3 is 10.1 Å². The molecule has 1 aliphatic carbocycles. The summed E-state index contributed by atoms with van der Waals surface area (Å²) in [6, 6.07) is 22.9. The van der Waals surface area contributed by atoms with Gasteiger partial charge in [0.05, 0.1) is 0 Å². The molecule has 0 heterocycles. The van der Waals surface area contributed by atoms with Gasteiger partial charge in [0.2, 0.25) is 0 Å². The predicted octanol–water partition coefficient (Wildman–Crippen LogP) is 6.61. The van der Waals surface area contributed by atoms with Crippen LogP contribution in [0.3, 0.4) is 0 Å². The summed E-state index contributed by atoms with van der Waals surface area (Å²) in [5.74, 6) is 0.444. The highest BCUT2D eigenvalue weighted by Gasteiger charge is 2.34. The summed E-state index contributed by atoms with van der Waals surface area (Å²) in [6.45, 7) is 6.58. The van der Waals surface area contributed by atoms with Gasteiger partial charge in [-0.15, -0.1) is 0 Å². The zero-order chi connectivity index (χ0) is 24.1. The van der Waals surface area contributed by atoms with Crippen LogP contribution in [0.15, 0.2) is 78.5 Å². The average molecular weight is 456 g/mol. The van der Waals surface area contributed by atoms with Crippen molar-refractivity contribution in [3.63, 3.8) is 0 Å². The van der Waals surface area contributed by atoms with Crippen LogP contribution in [0, 0.1) is 17.8 Å². The van der Waals surface area contributed by atoms with Gasteiger partial charge in [0, 0.05) is 5.56 Å². The molecule has 0 bridgehead atoms. The van der Waals surface area contributed by atoms with E-state index >= 15 is 0 Å². The standard InChI is InChI=1S/C30H33NO3/c1-20(2)25-17-16-21(3)18-28(25)34-30(33)27(31-29(32)23-11-5-4-6-12-23)19-24-14-9-13-22-10-7-8-15-26(22)24/h4-15,19-21,25,28H,16-18H2,1-3H3,(H,31,32)/b27-19+/t21-,25+,28-/m1/s1. The van der Waals surface area contributed by atoms with Crippen molar-refractivity contribution in [3.05, 3.63) is 89.6 Å². The van der Waals surface area contributed by atoms with E-state index in [2.05, 4.69) is 26.1 Å². The molecule has 176 valence electrons. The van der Waals surface area contributed by atoms with Crippen LogP contribution >= 0.6 is 0 Å². The van der Waals surface area contributed by atoms with Crippen molar-refractivity contribution in [1.29, 1.82) is 0 Å². The Hall–Kier alpha value is -3.40. The molecular weight excluding hydrogens is 422 g/mol. The number of nitrogens with one attached hydrogen (secondary N) is 1. The second kappa shape index (κ2) is 10.7. The molecule has 0 unspecified atom stereocenters. The number of carbonyl (C=O) groups is 2. The van der Waals surface area contributed by atoms with Gasteiger partial charge in [-0.05, 0) is 65.1 Å². The summed E-state index contributed by atoms with van der Waals surface area (Å²) < 4.78 is 6.10. The van der Waals surface area contributed by atoms with E-state index in [1.54, 1.807) is 30.3 Å². The molecule has 1 N–H and O–H groups in total. The molecular formula is C30H33NO3. The van der Waals surface area contributed by atoms with Gasteiger partial charge in [0.1, 0.15) is 11.8 Å². The summed E-state index contributed by atoms with van der Waals surface area (Å²) in [5, 5.41) is 4.92. The van der Waals surface area contributed by atoms with Crippen molar-refractivity contribution in [1.82, 2.24) is 5.32 Å². The molecule has 4 rings (SSSR count). The summed E-state index contributed by atoms with van der Waals surface area (Å²) in [6.07, 6.45) is 4.64. The topological polar surface area (TPSA) is 55.4 Å². The quantitative estimate of drug-likeness (QED) is 0.336. The Bertz CT molecular complexity index is 1180. The maximum Gasteiger partial charge on any atom is 0.355 e. The molecule has 0 spiro atoms. The Morgan fingerprint density at radius 3 is 2.41 bits per heavy atom. The molecule has 0 saturated heterocycles. The summed E-state index contributed by atoms with van der Waals surface area (Å²) in [4.78, 5) is 26.5. The molecule has 3 atom stereocenters. The van der Waals surface area contributed by atoms with Gasteiger partial charge in [0.15, 0.2) is 0 Å². The third-order valence-electron chi connectivity index (χ3n) is 6.85. The van der Waals surface area contributed by atoms with Crippen molar-refractivity contribution in [2.24, 2.45) is 17.8 Å². The van der Waals surface area contributed by atoms with Gasteiger partial charge in [-0.3, -0.25) is 4.79 Å². The molecule has 0 aliphatic heterocycles. The first-order valence-electron chi connectivity index (χ1n) is 12.2. The molecule has 3 aromatic carbocycles. The number of amides is 1. The predicted molar refractivity (Wildman–Crippen MR) is 137 cm³/mol. The second-order valence-corrected chi connectivity index (χ2v) is 9.72. The van der Waals surface area contributed by atoms with Gasteiger partial charge in [-0.25, -0.2) is 4.79 Å². The number of ether oxygens (including phenoxy) is 1. The summed E-state index contributed by atoms with van der Waals surface area (Å²) >= 11 is 0. The molecule has 4 heteroatoms. The van der Waals surface area contributed by atoms with E-state index in [-0.39, 0.29) is 17.7 Å². The van der Waals surface area contributed by atoms with E-state index < -0.39 is 5.97 Å². The van der Waals surface area contributed by atoms with Gasteiger partial charge >= 0.3 is 5.97 Å². The van der Waals surface area contributed by atoms with E-state index in [0.717, 1.165) is 35.6 Å². The van der Waals surface area contributed by atoms with Crippen molar-refractivity contribution >= 4 is 28.7 Å². The average Bonchev–Trinajstić information content (AvgIpc) is 2.84. The minimum Gasteiger partial charge on any atom is -0.457 e. The maximum atomic E-state index is 13.5. The van der Waals surface area contributed by atoms with Crippen LogP contribution < -0.4 is 5.32 Å². The fourth-order valence-electron chi connectivity index (χ4n) is 4.91. The normalized spacial score (nSPS) is 20.8. The van der Waals surface area contributed by atoms with Crippen molar-refractivity contribution in [2.45, 2.75) is 46.1 Å². The molecule has 1 saturated carbocycles. The van der Waals surface area contributed by atoms with E-state index in [9.17, 15) is 9.59 Å². The lowest BCUT2D eigenvalue weighted by molar-refractivity contribution is -0.151. The molecule has 34 heavy (non-hydrogen) atoms. The highest BCUT2D eigenvalue weighted by Crippen LogP contribution is 2.35. The van der Waals surface area contributed by atoms with Crippen LogP contribution in [0.2, 0.25) is 0 Å². The molecule has 0 aromatic heterocycles. The third-order valence-corrected chi connectivity index (χ3v) is 6.85. The van der Waals surface area contributed by atoms with Gasteiger partial charge in [0.25, 0.3) is 5.91 Å². The third kappa shape index (κ3) is 5.56. The van der Waals surface area contributed by atoms with Crippen LogP contribution in [0.5, 0.6) is 0 Å². The van der Waals surface area contributed by atoms with E-state index in [1.807, 2.05) is 48.5 Å². The maximum absolute atomic E-state index is 13.5. The lowest BCUT2D eigenvalue weighted by atomic mass is 9.75. The highest BCUT2D eigenvalue weighted by atomic mass is 16.5. The fourth-order valence-corrected chi connectivity index (χ4v) is 4.91. The lowest BCUT2D eigenvalue weighted by Crippen LogP contribution is -2.38. The summed E-state index contributed by atoms with van der Waals surface area (Å²) in [5.41, 5.74) is 1.51. The van der Waals surface area contributed by atoms with Crippen LogP contribution in [-0.4, -0.2) is 18.0 Å². The number of rotatable bonds is 6. The van der Waals surface area contributed by atoms with Crippen LogP contribution in [0.1, 0.15) is 56.0 Å². The Balaban J connectivity index is 1.67. The van der Waals surface area contributed by atoms with Gasteiger partial charge in [-0.2, -0.15) is 0 Å². The molecule has 4 nitrogen and oxygen atoms in total. The number of hydrogen-bond donors (Lipinski definition) is 1. The van der Waals surface area contributed by atoms with E-state index in [4.69, 9.17) is 4.74 Å². The molecule has 1 aliphatic rings. The SMILES string of the molecule is CC(C)[C@@H]1CC[C@@H](C)C[C@H]1OC(=O)/C(=C\c1cccc2ccccc12)NC(=O)c1ccccc1. The van der Waals surface area contributed by atoms with Crippen LogP contribution in [0.25, 0.3) is 16.8 Å². The van der Waals surface area contributed by atoms with E-state index in [1.165, 1.54) is 0 Å². The van der Waals surface area contributed by atoms with Crippen molar-refractivity contribution in [3.8, 4) is 0 Å². The monoisotopic (exact) mass is 455 g/mol. The minimum absolute atomic E-state index is 0.152. The summed E-state index contributed by atoms with van der Waals surface area (Å²) in [7, 11) is 0. The number of benzene rings is 3. The van der Waals surface area contributed by atoms with E-state index in [0.29, 0.717) is 23.3 Å². The first kappa shape index (κ1) is 23.7. The molecule has 1 fully saturated rings. The first-order valence-corrected chi connectivity index (χ1v) is 12.2. The van der Waals surface area contributed by atoms with Crippen molar-refractivity contribution in [2.75, 3.05) is 0 Å². The molecule has 3 aromatic rings. The van der Waals surface area contributed by atoms with Gasteiger partial charge in [-0.1, -0.05) is 87.9 Å².